The van der Waals surface area contributed by atoms with E-state index in [1.165, 1.54) is 12.1 Å². The Labute approximate surface area is 118 Å². The third kappa shape index (κ3) is 2.33. The van der Waals surface area contributed by atoms with E-state index in [0.29, 0.717) is 11.8 Å². The molecular formula is C16H21FN2O. The van der Waals surface area contributed by atoms with E-state index in [4.69, 9.17) is 5.73 Å². The van der Waals surface area contributed by atoms with Gasteiger partial charge in [0.1, 0.15) is 5.82 Å². The normalized spacial score (nSPS) is 33.1. The number of halogens is 1. The number of hydrogen-bond donors (Lipinski definition) is 2. The van der Waals surface area contributed by atoms with Gasteiger partial charge >= 0.3 is 0 Å². The molecule has 2 aliphatic carbocycles. The third-order valence-electron chi connectivity index (χ3n) is 4.99. The fourth-order valence-corrected chi connectivity index (χ4v) is 3.89. The second-order valence-corrected chi connectivity index (χ2v) is 6.22. The van der Waals surface area contributed by atoms with Crippen LogP contribution in [0.1, 0.15) is 37.8 Å². The Balaban J connectivity index is 1.67. The van der Waals surface area contributed by atoms with E-state index in [2.05, 4.69) is 5.32 Å². The van der Waals surface area contributed by atoms with Crippen LogP contribution in [0.15, 0.2) is 24.3 Å². The van der Waals surface area contributed by atoms with Crippen molar-refractivity contribution in [3.8, 4) is 0 Å². The molecule has 0 saturated heterocycles. The van der Waals surface area contributed by atoms with Crippen molar-refractivity contribution in [3.63, 3.8) is 0 Å². The zero-order valence-electron chi connectivity index (χ0n) is 11.7. The fourth-order valence-electron chi connectivity index (χ4n) is 3.89. The number of benzene rings is 1. The maximum atomic E-state index is 13.2. The molecular weight excluding hydrogens is 255 g/mol. The van der Waals surface area contributed by atoms with Crippen LogP contribution >= 0.6 is 0 Å². The predicted octanol–water partition coefficient (Wildman–Crippen LogP) is 2.38. The Morgan fingerprint density at radius 1 is 1.40 bits per heavy atom. The lowest BCUT2D eigenvalue weighted by Crippen LogP contribution is -2.45. The second-order valence-electron chi connectivity index (χ2n) is 6.22. The summed E-state index contributed by atoms with van der Waals surface area (Å²) in [5, 5.41) is 3.00. The van der Waals surface area contributed by atoms with Crippen LogP contribution in [0.4, 0.5) is 4.39 Å². The van der Waals surface area contributed by atoms with Crippen molar-refractivity contribution in [1.29, 1.82) is 0 Å². The molecule has 2 saturated carbocycles. The van der Waals surface area contributed by atoms with Crippen molar-refractivity contribution >= 4 is 5.91 Å². The third-order valence-corrected chi connectivity index (χ3v) is 4.99. The molecule has 4 unspecified atom stereocenters. The fraction of sp³-hybridized carbons (Fsp3) is 0.562. The van der Waals surface area contributed by atoms with Crippen LogP contribution in [0.5, 0.6) is 0 Å². The Morgan fingerprint density at radius 3 is 2.80 bits per heavy atom. The van der Waals surface area contributed by atoms with Crippen LogP contribution in [0.3, 0.4) is 0 Å². The quantitative estimate of drug-likeness (QED) is 0.890. The topological polar surface area (TPSA) is 55.1 Å². The first-order chi connectivity index (χ1) is 9.56. The van der Waals surface area contributed by atoms with Crippen molar-refractivity contribution in [3.05, 3.63) is 35.6 Å². The van der Waals surface area contributed by atoms with Crippen molar-refractivity contribution in [1.82, 2.24) is 5.32 Å². The van der Waals surface area contributed by atoms with Crippen molar-refractivity contribution in [2.45, 2.75) is 38.3 Å². The van der Waals surface area contributed by atoms with Crippen molar-refractivity contribution in [2.24, 2.45) is 23.5 Å². The molecule has 2 aliphatic rings. The molecule has 108 valence electrons. The van der Waals surface area contributed by atoms with Gasteiger partial charge in [0.25, 0.3) is 0 Å². The number of carbonyl (C=O) groups excluding carboxylic acids is 1. The Kier molecular flexibility index (Phi) is 3.50. The molecule has 4 heteroatoms. The highest BCUT2D eigenvalue weighted by Crippen LogP contribution is 2.47. The summed E-state index contributed by atoms with van der Waals surface area (Å²) in [7, 11) is 0. The van der Waals surface area contributed by atoms with Crippen LogP contribution in [-0.4, -0.2) is 11.9 Å². The second kappa shape index (κ2) is 5.17. The number of nitrogens with one attached hydrogen (secondary N) is 1. The van der Waals surface area contributed by atoms with Crippen molar-refractivity contribution < 1.29 is 9.18 Å². The Bertz CT molecular complexity index is 517. The zero-order chi connectivity index (χ0) is 14.3. The standard InChI is InChI=1S/C16H21FN2O/c1-9(10-3-2-4-13(17)8-10)19-16(20)14-11-5-6-12(7-11)15(14)18/h2-4,8-9,11-12,14-15H,5-7,18H2,1H3,(H,19,20)/t9-,11?,12?,14?,15?/m0/s1. The summed E-state index contributed by atoms with van der Waals surface area (Å²) < 4.78 is 13.2. The molecule has 5 atom stereocenters. The smallest absolute Gasteiger partial charge is 0.225 e. The Hall–Kier alpha value is -1.42. The minimum Gasteiger partial charge on any atom is -0.349 e. The largest absolute Gasteiger partial charge is 0.349 e. The zero-order valence-corrected chi connectivity index (χ0v) is 11.7. The highest BCUT2D eigenvalue weighted by atomic mass is 19.1. The highest BCUT2D eigenvalue weighted by Gasteiger charge is 2.49. The molecule has 0 aromatic heterocycles. The lowest BCUT2D eigenvalue weighted by Gasteiger charge is -2.28. The molecule has 3 rings (SSSR count). The number of carbonyl (C=O) groups is 1. The minimum atomic E-state index is -0.278. The molecule has 20 heavy (non-hydrogen) atoms. The van der Waals surface area contributed by atoms with E-state index in [1.54, 1.807) is 6.07 Å². The van der Waals surface area contributed by atoms with Crippen LogP contribution in [-0.2, 0) is 4.79 Å². The first-order valence-corrected chi connectivity index (χ1v) is 7.37. The minimum absolute atomic E-state index is 0.00606. The molecule has 0 radical (unpaired) electrons. The van der Waals surface area contributed by atoms with Gasteiger partial charge < -0.3 is 11.1 Å². The molecule has 0 heterocycles. The summed E-state index contributed by atoms with van der Waals surface area (Å²) in [6, 6.07) is 6.17. The lowest BCUT2D eigenvalue weighted by molar-refractivity contribution is -0.127. The SMILES string of the molecule is C[C@H](NC(=O)C1C2CCC(C2)C1N)c1cccc(F)c1. The number of fused-ring (bicyclic) bond motifs is 2. The van der Waals surface area contributed by atoms with Gasteiger partial charge in [-0.1, -0.05) is 12.1 Å². The summed E-state index contributed by atoms with van der Waals surface area (Å²) in [5.74, 6) is 0.640. The maximum Gasteiger partial charge on any atom is 0.225 e. The van der Waals surface area contributed by atoms with Gasteiger partial charge in [-0.3, -0.25) is 4.79 Å². The predicted molar refractivity (Wildman–Crippen MR) is 75.3 cm³/mol. The van der Waals surface area contributed by atoms with E-state index in [-0.39, 0.29) is 29.7 Å². The van der Waals surface area contributed by atoms with Gasteiger partial charge in [0, 0.05) is 6.04 Å². The van der Waals surface area contributed by atoms with E-state index in [9.17, 15) is 9.18 Å². The van der Waals surface area contributed by atoms with Gasteiger partial charge in [-0.15, -0.1) is 0 Å². The first kappa shape index (κ1) is 13.6. The maximum absolute atomic E-state index is 13.2. The van der Waals surface area contributed by atoms with Gasteiger partial charge in [-0.25, -0.2) is 4.39 Å². The van der Waals surface area contributed by atoms with Crippen LogP contribution in [0, 0.1) is 23.6 Å². The molecule has 3 N–H and O–H groups in total. The van der Waals surface area contributed by atoms with Gasteiger partial charge in [-0.2, -0.15) is 0 Å². The number of hydrogen-bond acceptors (Lipinski definition) is 2. The van der Waals surface area contributed by atoms with Crippen molar-refractivity contribution in [2.75, 3.05) is 0 Å². The van der Waals surface area contributed by atoms with Gasteiger partial charge in [0.05, 0.1) is 12.0 Å². The van der Waals surface area contributed by atoms with Crippen LogP contribution in [0.25, 0.3) is 0 Å². The highest BCUT2D eigenvalue weighted by molar-refractivity contribution is 5.80. The average Bonchev–Trinajstić information content (AvgIpc) is 2.99. The van der Waals surface area contributed by atoms with Gasteiger partial charge in [0.2, 0.25) is 5.91 Å². The first-order valence-electron chi connectivity index (χ1n) is 7.37. The molecule has 0 spiro atoms. The van der Waals surface area contributed by atoms with E-state index in [1.807, 2.05) is 13.0 Å². The van der Waals surface area contributed by atoms with Gasteiger partial charge in [-0.05, 0) is 55.7 Å². The summed E-state index contributed by atoms with van der Waals surface area (Å²) >= 11 is 0. The molecule has 1 aromatic rings. The van der Waals surface area contributed by atoms with E-state index >= 15 is 0 Å². The van der Waals surface area contributed by atoms with Crippen LogP contribution in [0.2, 0.25) is 0 Å². The number of rotatable bonds is 3. The number of amides is 1. The van der Waals surface area contributed by atoms with Gasteiger partial charge in [0.15, 0.2) is 0 Å². The Morgan fingerprint density at radius 2 is 2.15 bits per heavy atom. The monoisotopic (exact) mass is 276 g/mol. The molecule has 2 fully saturated rings. The molecule has 2 bridgehead atoms. The van der Waals surface area contributed by atoms with Crippen LogP contribution < -0.4 is 11.1 Å². The molecule has 1 aromatic carbocycles. The van der Waals surface area contributed by atoms with E-state index in [0.717, 1.165) is 24.8 Å². The summed E-state index contributed by atoms with van der Waals surface area (Å²) in [5.41, 5.74) is 6.97. The summed E-state index contributed by atoms with van der Waals surface area (Å²) in [4.78, 5) is 12.4. The number of nitrogens with two attached hydrogens (primary N) is 1. The summed E-state index contributed by atoms with van der Waals surface area (Å²) in [6.07, 6.45) is 3.37. The van der Waals surface area contributed by atoms with E-state index < -0.39 is 0 Å². The lowest BCUT2D eigenvalue weighted by atomic mass is 9.84. The summed E-state index contributed by atoms with van der Waals surface area (Å²) in [6.45, 7) is 1.88. The molecule has 1 amide bonds. The molecule has 0 aliphatic heterocycles. The molecule has 3 nitrogen and oxygen atoms in total. The average molecular weight is 276 g/mol.